The van der Waals surface area contributed by atoms with Gasteiger partial charge in [-0.25, -0.2) is 8.42 Å². The summed E-state index contributed by atoms with van der Waals surface area (Å²) in [7, 11) is -3.53. The van der Waals surface area contributed by atoms with Crippen LogP contribution in [0.5, 0.6) is 0 Å². The van der Waals surface area contributed by atoms with Gasteiger partial charge in [0.2, 0.25) is 10.0 Å². The van der Waals surface area contributed by atoms with Crippen molar-refractivity contribution in [1.29, 1.82) is 0 Å². The van der Waals surface area contributed by atoms with Gasteiger partial charge in [-0.05, 0) is 25.5 Å². The lowest BCUT2D eigenvalue weighted by molar-refractivity contribution is 0.0517. The summed E-state index contributed by atoms with van der Waals surface area (Å²) in [6.45, 7) is 5.23. The Morgan fingerprint density at radius 3 is 2.67 bits per heavy atom. The Morgan fingerprint density at radius 2 is 1.96 bits per heavy atom. The molecule has 0 unspecified atom stereocenters. The summed E-state index contributed by atoms with van der Waals surface area (Å²) in [6.07, 6.45) is 5.49. The molecule has 0 saturated carbocycles. The average Bonchev–Trinajstić information content (AvgIpc) is 2.58. The summed E-state index contributed by atoms with van der Waals surface area (Å²) in [5.41, 5.74) is 1.04. The van der Waals surface area contributed by atoms with Gasteiger partial charge in [-0.1, -0.05) is 49.8 Å². The Morgan fingerprint density at radius 1 is 1.21 bits per heavy atom. The third-order valence-corrected chi connectivity index (χ3v) is 6.05. The lowest BCUT2D eigenvalue weighted by Crippen LogP contribution is -2.47. The predicted molar refractivity (Wildman–Crippen MR) is 96.2 cm³/mol. The quantitative estimate of drug-likeness (QED) is 0.584. The number of sulfonamides is 1. The van der Waals surface area contributed by atoms with Crippen LogP contribution in [0.2, 0.25) is 0 Å². The maximum atomic E-state index is 12.9. The van der Waals surface area contributed by atoms with Crippen LogP contribution in [0.3, 0.4) is 0 Å². The number of morpholine rings is 1. The summed E-state index contributed by atoms with van der Waals surface area (Å²) in [6, 6.07) is 6.57. The van der Waals surface area contributed by atoms with Gasteiger partial charge in [0, 0.05) is 13.0 Å². The normalized spacial score (nSPS) is 18.8. The first kappa shape index (κ1) is 19.0. The first-order valence-electron chi connectivity index (χ1n) is 8.70. The van der Waals surface area contributed by atoms with Gasteiger partial charge in [0.25, 0.3) is 0 Å². The Balaban J connectivity index is 2.08. The van der Waals surface area contributed by atoms with Gasteiger partial charge in [0.15, 0.2) is 0 Å². The van der Waals surface area contributed by atoms with Crippen molar-refractivity contribution in [2.75, 3.05) is 19.8 Å². The molecule has 5 heteroatoms. The molecule has 1 atom stereocenters. The van der Waals surface area contributed by atoms with Crippen molar-refractivity contribution in [3.63, 3.8) is 0 Å². The van der Waals surface area contributed by atoms with Gasteiger partial charge in [-0.2, -0.15) is 4.31 Å². The van der Waals surface area contributed by atoms with Gasteiger partial charge in [-0.15, -0.1) is 5.92 Å². The van der Waals surface area contributed by atoms with E-state index in [1.165, 1.54) is 23.6 Å². The van der Waals surface area contributed by atoms with Crippen LogP contribution in [0, 0.1) is 18.8 Å². The number of benzene rings is 1. The minimum Gasteiger partial charge on any atom is -0.377 e. The molecule has 4 nitrogen and oxygen atoms in total. The molecule has 0 bridgehead atoms. The van der Waals surface area contributed by atoms with Crippen LogP contribution < -0.4 is 0 Å². The highest BCUT2D eigenvalue weighted by Gasteiger charge is 2.33. The van der Waals surface area contributed by atoms with Gasteiger partial charge >= 0.3 is 0 Å². The second-order valence-corrected chi connectivity index (χ2v) is 8.04. The molecule has 24 heavy (non-hydrogen) atoms. The van der Waals surface area contributed by atoms with Gasteiger partial charge in [0.05, 0.1) is 18.1 Å². The lowest BCUT2D eigenvalue weighted by Gasteiger charge is -2.31. The second-order valence-electron chi connectivity index (χ2n) is 6.15. The molecule has 0 radical (unpaired) electrons. The molecule has 0 amide bonds. The number of nitrogens with zero attached hydrogens (tertiary/aromatic N) is 1. The number of aryl methyl sites for hydroxylation is 1. The molecule has 1 fully saturated rings. The Labute approximate surface area is 146 Å². The second kappa shape index (κ2) is 9.22. The van der Waals surface area contributed by atoms with Gasteiger partial charge < -0.3 is 4.74 Å². The van der Waals surface area contributed by atoms with E-state index in [1.54, 1.807) is 12.1 Å². The first-order chi connectivity index (χ1) is 11.6. The van der Waals surface area contributed by atoms with E-state index >= 15 is 0 Å². The molecule has 0 spiro atoms. The molecule has 1 aliphatic heterocycles. The number of ether oxygens (including phenoxy) is 1. The minimum absolute atomic E-state index is 0.324. The van der Waals surface area contributed by atoms with Crippen LogP contribution in [-0.2, 0) is 14.8 Å². The predicted octanol–water partition coefficient (Wildman–Crippen LogP) is 3.36. The Kier molecular flexibility index (Phi) is 7.29. The van der Waals surface area contributed by atoms with E-state index in [0.717, 1.165) is 18.4 Å². The summed E-state index contributed by atoms with van der Waals surface area (Å²) >= 11 is 0. The minimum atomic E-state index is -3.53. The average molecular weight is 349 g/mol. The Hall–Kier alpha value is -1.35. The van der Waals surface area contributed by atoms with Crippen molar-refractivity contribution < 1.29 is 13.2 Å². The molecule has 2 rings (SSSR count). The number of hydrogen-bond donors (Lipinski definition) is 0. The molecule has 1 heterocycles. The van der Waals surface area contributed by atoms with Gasteiger partial charge in [0.1, 0.15) is 6.04 Å². The van der Waals surface area contributed by atoms with Crippen LogP contribution in [0.25, 0.3) is 0 Å². The molecule has 1 saturated heterocycles. The first-order valence-corrected chi connectivity index (χ1v) is 10.1. The largest absolute Gasteiger partial charge is 0.377 e. The molecule has 1 aromatic carbocycles. The molecular formula is C19H27NO3S. The Bertz CT molecular complexity index is 671. The number of hydrogen-bond acceptors (Lipinski definition) is 3. The van der Waals surface area contributed by atoms with Crippen molar-refractivity contribution in [3.05, 3.63) is 29.8 Å². The number of unbranched alkanes of at least 4 members (excludes halogenated alkanes) is 4. The molecule has 0 aromatic heterocycles. The molecular weight excluding hydrogens is 322 g/mol. The fraction of sp³-hybridized carbons (Fsp3) is 0.579. The van der Waals surface area contributed by atoms with Gasteiger partial charge in [-0.3, -0.25) is 0 Å². The third-order valence-electron chi connectivity index (χ3n) is 4.13. The highest BCUT2D eigenvalue weighted by molar-refractivity contribution is 7.89. The molecule has 0 N–H and O–H groups in total. The summed E-state index contributed by atoms with van der Waals surface area (Å²) in [4.78, 5) is 0.324. The standard InChI is InChI=1S/C19H27NO3S/c1-3-4-5-6-7-8-9-18-16-23-15-14-20(18)24(21,22)19-12-10-17(2)11-13-19/h10-13,18H,3-7,14-16H2,1-2H3/t18-/m0/s1. The van der Waals surface area contributed by atoms with Crippen molar-refractivity contribution in [2.24, 2.45) is 0 Å². The van der Waals surface area contributed by atoms with Crippen LogP contribution in [-0.4, -0.2) is 38.5 Å². The van der Waals surface area contributed by atoms with Crippen molar-refractivity contribution in [2.45, 2.75) is 56.9 Å². The topological polar surface area (TPSA) is 46.6 Å². The summed E-state index contributed by atoms with van der Waals surface area (Å²) in [5.74, 6) is 6.25. The van der Waals surface area contributed by atoms with Crippen LogP contribution in [0.1, 0.15) is 44.6 Å². The number of rotatable bonds is 6. The maximum absolute atomic E-state index is 12.9. The van der Waals surface area contributed by atoms with Crippen LogP contribution in [0.15, 0.2) is 29.2 Å². The van der Waals surface area contributed by atoms with Crippen molar-refractivity contribution in [3.8, 4) is 11.8 Å². The van der Waals surface area contributed by atoms with E-state index in [2.05, 4.69) is 18.8 Å². The fourth-order valence-corrected chi connectivity index (χ4v) is 4.18. The van der Waals surface area contributed by atoms with Crippen LogP contribution in [0.4, 0.5) is 0 Å². The van der Waals surface area contributed by atoms with E-state index in [0.29, 0.717) is 24.7 Å². The van der Waals surface area contributed by atoms with E-state index in [9.17, 15) is 8.42 Å². The van der Waals surface area contributed by atoms with Crippen LogP contribution >= 0.6 is 0 Å². The SMILES string of the molecule is CCCCCCC#C[C@H]1COCCN1S(=O)(=O)c1ccc(C)cc1. The monoisotopic (exact) mass is 349 g/mol. The smallest absolute Gasteiger partial charge is 0.244 e. The summed E-state index contributed by atoms with van der Waals surface area (Å²) in [5, 5.41) is 0. The zero-order valence-electron chi connectivity index (χ0n) is 14.6. The van der Waals surface area contributed by atoms with Crippen molar-refractivity contribution >= 4 is 10.0 Å². The molecule has 1 aliphatic rings. The van der Waals surface area contributed by atoms with E-state index in [4.69, 9.17) is 4.74 Å². The van der Waals surface area contributed by atoms with E-state index < -0.39 is 16.1 Å². The fourth-order valence-electron chi connectivity index (χ4n) is 2.67. The summed E-state index contributed by atoms with van der Waals surface area (Å²) < 4.78 is 32.7. The lowest BCUT2D eigenvalue weighted by atomic mass is 10.1. The van der Waals surface area contributed by atoms with E-state index in [-0.39, 0.29) is 0 Å². The highest BCUT2D eigenvalue weighted by Crippen LogP contribution is 2.21. The molecule has 1 aromatic rings. The highest BCUT2D eigenvalue weighted by atomic mass is 32.2. The van der Waals surface area contributed by atoms with E-state index in [1.807, 2.05) is 19.1 Å². The maximum Gasteiger partial charge on any atom is 0.244 e. The molecule has 132 valence electrons. The zero-order valence-corrected chi connectivity index (χ0v) is 15.4. The zero-order chi connectivity index (χ0) is 17.4. The van der Waals surface area contributed by atoms with Crippen molar-refractivity contribution in [1.82, 2.24) is 4.31 Å². The molecule has 0 aliphatic carbocycles. The third kappa shape index (κ3) is 5.07.